The third kappa shape index (κ3) is 3.06. The maximum Gasteiger partial charge on any atom is 0.416 e. The Hall–Kier alpha value is -2.13. The van der Waals surface area contributed by atoms with E-state index in [-0.39, 0.29) is 0 Å². The molecule has 1 unspecified atom stereocenters. The van der Waals surface area contributed by atoms with Crippen LogP contribution in [0, 0.1) is 0 Å². The molecule has 0 aromatic heterocycles. The highest BCUT2D eigenvalue weighted by Crippen LogP contribution is 2.33. The number of hydroxylamine groups is 1. The molecule has 0 spiro atoms. The van der Waals surface area contributed by atoms with E-state index in [0.717, 1.165) is 0 Å². The van der Waals surface area contributed by atoms with Crippen molar-refractivity contribution >= 4 is 17.4 Å². The van der Waals surface area contributed by atoms with E-state index in [1.165, 1.54) is 12.4 Å². The molecule has 0 aliphatic carbocycles. The van der Waals surface area contributed by atoms with Crippen molar-refractivity contribution in [2.24, 2.45) is 5.73 Å². The summed E-state index contributed by atoms with van der Waals surface area (Å²) in [7, 11) is 0. The molecular formula is C11H12F3N3O3. The number of nitrogen functional groups attached to an aromatic ring is 1. The molecule has 0 aliphatic rings. The van der Waals surface area contributed by atoms with Crippen LogP contribution in [0.5, 0.6) is 0 Å². The van der Waals surface area contributed by atoms with E-state index in [1.807, 2.05) is 0 Å². The topological polar surface area (TPSA) is 118 Å². The zero-order valence-corrected chi connectivity index (χ0v) is 10.3. The molecule has 110 valence electrons. The maximum absolute atomic E-state index is 12.7. The highest BCUT2D eigenvalue weighted by molar-refractivity contribution is 6.09. The van der Waals surface area contributed by atoms with Gasteiger partial charge in [0.2, 0.25) is 0 Å². The van der Waals surface area contributed by atoms with Gasteiger partial charge in [-0.05, 0) is 19.1 Å². The predicted molar refractivity (Wildman–Crippen MR) is 63.1 cm³/mol. The summed E-state index contributed by atoms with van der Waals surface area (Å²) in [5.41, 5.74) is 9.08. The van der Waals surface area contributed by atoms with Gasteiger partial charge >= 0.3 is 6.18 Å². The van der Waals surface area contributed by atoms with E-state index in [9.17, 15) is 22.8 Å². The Labute approximate surface area is 111 Å². The Balaban J connectivity index is 3.59. The third-order valence-electron chi connectivity index (χ3n) is 2.53. The lowest BCUT2D eigenvalue weighted by Crippen LogP contribution is -2.29. The molecule has 6 nitrogen and oxygen atoms in total. The number of hydrogen-bond donors (Lipinski definition) is 4. The highest BCUT2D eigenvalue weighted by Gasteiger charge is 2.34. The quantitative estimate of drug-likeness (QED) is 0.286. The Morgan fingerprint density at radius 3 is 2.20 bits per heavy atom. The number of halogens is 3. The van der Waals surface area contributed by atoms with E-state index < -0.39 is 46.3 Å². The zero-order chi connectivity index (χ0) is 15.7. The van der Waals surface area contributed by atoms with Crippen molar-refractivity contribution in [2.75, 3.05) is 5.73 Å². The molecule has 9 heteroatoms. The summed E-state index contributed by atoms with van der Waals surface area (Å²) in [5, 5.41) is 8.50. The molecule has 1 atom stereocenters. The smallest absolute Gasteiger partial charge is 0.397 e. The normalized spacial score (nSPS) is 12.9. The highest BCUT2D eigenvalue weighted by atomic mass is 19.4. The van der Waals surface area contributed by atoms with Crippen LogP contribution in [0.15, 0.2) is 12.1 Å². The summed E-state index contributed by atoms with van der Waals surface area (Å²) in [6.45, 7) is 1.27. The fourth-order valence-electron chi connectivity index (χ4n) is 1.51. The molecule has 0 fully saturated rings. The van der Waals surface area contributed by atoms with Gasteiger partial charge in [-0.1, -0.05) is 0 Å². The Morgan fingerprint density at radius 1 is 1.30 bits per heavy atom. The number of Topliss-reactive ketones (excluding diaryl/α,β-unsaturated/α-hetero) is 1. The molecule has 1 aromatic carbocycles. The minimum Gasteiger partial charge on any atom is -0.397 e. The summed E-state index contributed by atoms with van der Waals surface area (Å²) in [4.78, 5) is 23.0. The number of carbonyl (C=O) groups is 2. The first-order valence-electron chi connectivity index (χ1n) is 5.34. The first-order chi connectivity index (χ1) is 9.09. The maximum atomic E-state index is 12.7. The molecule has 0 heterocycles. The van der Waals surface area contributed by atoms with Gasteiger partial charge in [0.25, 0.3) is 5.91 Å². The monoisotopic (exact) mass is 291 g/mol. The number of nitrogens with one attached hydrogen (secondary N) is 1. The largest absolute Gasteiger partial charge is 0.416 e. The zero-order valence-electron chi connectivity index (χ0n) is 10.3. The van der Waals surface area contributed by atoms with Gasteiger partial charge in [-0.3, -0.25) is 14.8 Å². The number of amides is 1. The van der Waals surface area contributed by atoms with Crippen LogP contribution in [-0.4, -0.2) is 22.9 Å². The van der Waals surface area contributed by atoms with Crippen LogP contribution in [0.1, 0.15) is 33.2 Å². The van der Waals surface area contributed by atoms with E-state index in [4.69, 9.17) is 16.7 Å². The molecule has 0 aliphatic heterocycles. The van der Waals surface area contributed by atoms with Crippen molar-refractivity contribution in [3.05, 3.63) is 28.8 Å². The van der Waals surface area contributed by atoms with Crippen molar-refractivity contribution in [3.63, 3.8) is 0 Å². The second-order valence-corrected chi connectivity index (χ2v) is 4.08. The fourth-order valence-corrected chi connectivity index (χ4v) is 1.51. The number of anilines is 1. The number of hydrogen-bond acceptors (Lipinski definition) is 5. The standard InChI is InChI=1S/C11H12F3N3O3/c1-4(15)9(18)6-2-5(11(12,13)14)3-7(8(6)16)10(19)17-20/h2-4,20H,15-16H2,1H3,(H,17,19). The van der Waals surface area contributed by atoms with Gasteiger partial charge in [0, 0.05) is 5.56 Å². The van der Waals surface area contributed by atoms with E-state index in [2.05, 4.69) is 0 Å². The average molecular weight is 291 g/mol. The van der Waals surface area contributed by atoms with E-state index in [0.29, 0.717) is 12.1 Å². The molecule has 1 aromatic rings. The van der Waals surface area contributed by atoms with Gasteiger partial charge < -0.3 is 11.5 Å². The lowest BCUT2D eigenvalue weighted by Gasteiger charge is -2.15. The van der Waals surface area contributed by atoms with Crippen molar-refractivity contribution in [2.45, 2.75) is 19.1 Å². The van der Waals surface area contributed by atoms with Gasteiger partial charge in [-0.25, -0.2) is 5.48 Å². The van der Waals surface area contributed by atoms with Crippen molar-refractivity contribution < 1.29 is 28.0 Å². The van der Waals surface area contributed by atoms with E-state index in [1.54, 1.807) is 0 Å². The summed E-state index contributed by atoms with van der Waals surface area (Å²) < 4.78 is 38.2. The first-order valence-corrected chi connectivity index (χ1v) is 5.34. The minimum absolute atomic E-state index is 0.443. The summed E-state index contributed by atoms with van der Waals surface area (Å²) in [5.74, 6) is -2.10. The molecule has 1 amide bonds. The van der Waals surface area contributed by atoms with Crippen molar-refractivity contribution in [1.82, 2.24) is 5.48 Å². The molecule has 0 radical (unpaired) electrons. The molecule has 0 saturated heterocycles. The number of carbonyl (C=O) groups excluding carboxylic acids is 2. The number of rotatable bonds is 3. The van der Waals surface area contributed by atoms with Crippen LogP contribution >= 0.6 is 0 Å². The SMILES string of the molecule is CC(N)C(=O)c1cc(C(F)(F)F)cc(C(=O)NO)c1N. The van der Waals surface area contributed by atoms with Crippen LogP contribution in [0.4, 0.5) is 18.9 Å². The number of alkyl halides is 3. The van der Waals surface area contributed by atoms with Crippen molar-refractivity contribution in [1.29, 1.82) is 0 Å². The van der Waals surface area contributed by atoms with Crippen LogP contribution in [0.2, 0.25) is 0 Å². The minimum atomic E-state index is -4.79. The number of nitrogens with two attached hydrogens (primary N) is 2. The molecular weight excluding hydrogens is 279 g/mol. The lowest BCUT2D eigenvalue weighted by atomic mass is 9.96. The molecule has 0 saturated carbocycles. The molecule has 1 rings (SSSR count). The summed E-state index contributed by atoms with van der Waals surface area (Å²) in [6.07, 6.45) is -4.79. The molecule has 6 N–H and O–H groups in total. The fraction of sp³-hybridized carbons (Fsp3) is 0.273. The van der Waals surface area contributed by atoms with Crippen molar-refractivity contribution in [3.8, 4) is 0 Å². The van der Waals surface area contributed by atoms with Gasteiger partial charge in [0.05, 0.1) is 22.9 Å². The summed E-state index contributed by atoms with van der Waals surface area (Å²) >= 11 is 0. The number of benzene rings is 1. The average Bonchev–Trinajstić information content (AvgIpc) is 2.35. The lowest BCUT2D eigenvalue weighted by molar-refractivity contribution is -0.137. The predicted octanol–water partition coefficient (Wildman–Crippen LogP) is 0.937. The van der Waals surface area contributed by atoms with Gasteiger partial charge in [0.15, 0.2) is 5.78 Å². The Kier molecular flexibility index (Phi) is 4.36. The second kappa shape index (κ2) is 5.47. The van der Waals surface area contributed by atoms with E-state index >= 15 is 0 Å². The van der Waals surface area contributed by atoms with Gasteiger partial charge in [0.1, 0.15) is 0 Å². The third-order valence-corrected chi connectivity index (χ3v) is 2.53. The summed E-state index contributed by atoms with van der Waals surface area (Å²) in [6, 6.07) is -0.126. The van der Waals surface area contributed by atoms with Crippen LogP contribution in [0.3, 0.4) is 0 Å². The molecule has 20 heavy (non-hydrogen) atoms. The Morgan fingerprint density at radius 2 is 1.80 bits per heavy atom. The number of ketones is 1. The van der Waals surface area contributed by atoms with Gasteiger partial charge in [-0.2, -0.15) is 13.2 Å². The Bertz CT molecular complexity index is 556. The van der Waals surface area contributed by atoms with Crippen LogP contribution in [0.25, 0.3) is 0 Å². The first kappa shape index (κ1) is 15.9. The second-order valence-electron chi connectivity index (χ2n) is 4.08. The molecule has 0 bridgehead atoms. The van der Waals surface area contributed by atoms with Gasteiger partial charge in [-0.15, -0.1) is 0 Å². The van der Waals surface area contributed by atoms with Crippen LogP contribution in [-0.2, 0) is 6.18 Å². The van der Waals surface area contributed by atoms with Crippen LogP contribution < -0.4 is 16.9 Å².